The van der Waals surface area contributed by atoms with Gasteiger partial charge in [-0.1, -0.05) is 19.8 Å². The second-order valence-corrected chi connectivity index (χ2v) is 3.53. The van der Waals surface area contributed by atoms with Crippen molar-refractivity contribution >= 4 is 15.9 Å². The van der Waals surface area contributed by atoms with E-state index in [-0.39, 0.29) is 0 Å². The van der Waals surface area contributed by atoms with Gasteiger partial charge in [0.25, 0.3) is 0 Å². The van der Waals surface area contributed by atoms with Gasteiger partial charge in [-0.25, -0.2) is 0 Å². The van der Waals surface area contributed by atoms with Gasteiger partial charge in [-0.2, -0.15) is 0 Å². The lowest BCUT2D eigenvalue weighted by molar-refractivity contribution is 0.162. The highest BCUT2D eigenvalue weighted by atomic mass is 79.9. The Morgan fingerprint density at radius 3 is 2.92 bits per heavy atom. The average Bonchev–Trinajstić information content (AvgIpc) is 2.47. The van der Waals surface area contributed by atoms with Gasteiger partial charge in [-0.15, -0.1) is 0 Å². The number of hydrogen-bond acceptors (Lipinski definition) is 2. The molecule has 0 amide bonds. The number of furan rings is 1. The van der Waals surface area contributed by atoms with Crippen molar-refractivity contribution in [2.24, 2.45) is 0 Å². The third-order valence-corrected chi connectivity index (χ3v) is 2.48. The smallest absolute Gasteiger partial charge is 0.174 e. The van der Waals surface area contributed by atoms with Crippen LogP contribution in [0.5, 0.6) is 0 Å². The summed E-state index contributed by atoms with van der Waals surface area (Å²) in [7, 11) is 0. The average molecular weight is 233 g/mol. The normalized spacial score (nSPS) is 13.2. The van der Waals surface area contributed by atoms with E-state index >= 15 is 0 Å². The monoisotopic (exact) mass is 232 g/mol. The SMILES string of the molecule is CCCCC(O)c1ccoc1Br. The van der Waals surface area contributed by atoms with Crippen molar-refractivity contribution < 1.29 is 9.52 Å². The Labute approximate surface area is 80.7 Å². The molecule has 1 unspecified atom stereocenters. The van der Waals surface area contributed by atoms with Crippen molar-refractivity contribution in [1.82, 2.24) is 0 Å². The molecule has 1 aromatic rings. The summed E-state index contributed by atoms with van der Waals surface area (Å²) >= 11 is 3.23. The fourth-order valence-corrected chi connectivity index (χ4v) is 1.60. The van der Waals surface area contributed by atoms with E-state index < -0.39 is 6.10 Å². The first kappa shape index (κ1) is 9.81. The fraction of sp³-hybridized carbons (Fsp3) is 0.556. The van der Waals surface area contributed by atoms with E-state index in [1.54, 1.807) is 12.3 Å². The highest BCUT2D eigenvalue weighted by molar-refractivity contribution is 9.10. The molecule has 3 heteroatoms. The third-order valence-electron chi connectivity index (χ3n) is 1.84. The van der Waals surface area contributed by atoms with E-state index in [1.165, 1.54) is 0 Å². The van der Waals surface area contributed by atoms with E-state index in [2.05, 4.69) is 22.9 Å². The Balaban J connectivity index is 2.52. The van der Waals surface area contributed by atoms with Crippen LogP contribution in [0.1, 0.15) is 37.9 Å². The zero-order valence-corrected chi connectivity index (χ0v) is 8.67. The van der Waals surface area contributed by atoms with E-state index in [0.717, 1.165) is 24.8 Å². The summed E-state index contributed by atoms with van der Waals surface area (Å²) in [5, 5.41) is 9.63. The molecule has 0 saturated carbocycles. The molecule has 0 bridgehead atoms. The molecule has 0 spiro atoms. The summed E-state index contributed by atoms with van der Waals surface area (Å²) in [6, 6.07) is 1.80. The maximum absolute atomic E-state index is 9.63. The largest absolute Gasteiger partial charge is 0.457 e. The number of aliphatic hydroxyl groups is 1. The van der Waals surface area contributed by atoms with E-state index in [1.807, 2.05) is 0 Å². The molecule has 0 aliphatic carbocycles. The molecular weight excluding hydrogens is 220 g/mol. The molecule has 68 valence electrons. The molecule has 0 radical (unpaired) electrons. The van der Waals surface area contributed by atoms with Crippen molar-refractivity contribution in [3.63, 3.8) is 0 Å². The predicted molar refractivity (Wildman–Crippen MR) is 50.9 cm³/mol. The second kappa shape index (κ2) is 4.67. The summed E-state index contributed by atoms with van der Waals surface area (Å²) in [4.78, 5) is 0. The lowest BCUT2D eigenvalue weighted by atomic mass is 10.1. The van der Waals surface area contributed by atoms with Crippen LogP contribution in [-0.2, 0) is 0 Å². The molecule has 0 aliphatic heterocycles. The maximum Gasteiger partial charge on any atom is 0.174 e. The van der Waals surface area contributed by atoms with Crippen LogP contribution in [0.4, 0.5) is 0 Å². The molecule has 0 saturated heterocycles. The summed E-state index contributed by atoms with van der Waals surface area (Å²) in [6.45, 7) is 2.11. The van der Waals surface area contributed by atoms with Gasteiger partial charge < -0.3 is 9.52 Å². The van der Waals surface area contributed by atoms with Crippen molar-refractivity contribution in [2.75, 3.05) is 0 Å². The van der Waals surface area contributed by atoms with Crippen LogP contribution in [0.15, 0.2) is 21.4 Å². The van der Waals surface area contributed by atoms with Crippen LogP contribution in [0.2, 0.25) is 0 Å². The number of halogens is 1. The molecule has 1 atom stereocenters. The van der Waals surface area contributed by atoms with Gasteiger partial charge in [0.1, 0.15) is 0 Å². The van der Waals surface area contributed by atoms with Crippen molar-refractivity contribution in [3.05, 3.63) is 22.6 Å². The zero-order chi connectivity index (χ0) is 8.97. The molecule has 1 aromatic heterocycles. The molecule has 1 N–H and O–H groups in total. The lowest BCUT2D eigenvalue weighted by Crippen LogP contribution is -1.95. The summed E-state index contributed by atoms with van der Waals surface area (Å²) in [5.74, 6) is 0. The van der Waals surface area contributed by atoms with Gasteiger partial charge in [0.2, 0.25) is 0 Å². The van der Waals surface area contributed by atoms with Crippen LogP contribution in [0, 0.1) is 0 Å². The molecule has 1 heterocycles. The molecule has 1 rings (SSSR count). The van der Waals surface area contributed by atoms with E-state index in [4.69, 9.17) is 4.42 Å². The van der Waals surface area contributed by atoms with Gasteiger partial charge in [-0.05, 0) is 28.4 Å². The first-order valence-electron chi connectivity index (χ1n) is 4.16. The molecule has 0 aromatic carbocycles. The molecule has 0 fully saturated rings. The Hall–Kier alpha value is -0.280. The number of aliphatic hydroxyl groups excluding tert-OH is 1. The highest BCUT2D eigenvalue weighted by Crippen LogP contribution is 2.27. The minimum Gasteiger partial charge on any atom is -0.457 e. The van der Waals surface area contributed by atoms with Crippen LogP contribution in [0.3, 0.4) is 0 Å². The topological polar surface area (TPSA) is 33.4 Å². The van der Waals surface area contributed by atoms with Crippen molar-refractivity contribution in [2.45, 2.75) is 32.3 Å². The maximum atomic E-state index is 9.63. The summed E-state index contributed by atoms with van der Waals surface area (Å²) in [5.41, 5.74) is 0.850. The van der Waals surface area contributed by atoms with Gasteiger partial charge in [-0.3, -0.25) is 0 Å². The van der Waals surface area contributed by atoms with Crippen LogP contribution < -0.4 is 0 Å². The second-order valence-electron chi connectivity index (χ2n) is 2.81. The number of rotatable bonds is 4. The van der Waals surface area contributed by atoms with Crippen LogP contribution >= 0.6 is 15.9 Å². The lowest BCUT2D eigenvalue weighted by Gasteiger charge is -2.06. The highest BCUT2D eigenvalue weighted by Gasteiger charge is 2.12. The third kappa shape index (κ3) is 2.35. The van der Waals surface area contributed by atoms with Crippen LogP contribution in [-0.4, -0.2) is 5.11 Å². The summed E-state index contributed by atoms with van der Waals surface area (Å²) in [6.07, 6.45) is 4.13. The first-order valence-corrected chi connectivity index (χ1v) is 4.96. The van der Waals surface area contributed by atoms with E-state index in [0.29, 0.717) is 4.67 Å². The minimum absolute atomic E-state index is 0.391. The Kier molecular flexibility index (Phi) is 3.82. The van der Waals surface area contributed by atoms with Gasteiger partial charge in [0, 0.05) is 5.56 Å². The van der Waals surface area contributed by atoms with Crippen molar-refractivity contribution in [1.29, 1.82) is 0 Å². The molecule has 12 heavy (non-hydrogen) atoms. The van der Waals surface area contributed by atoms with E-state index in [9.17, 15) is 5.11 Å². The van der Waals surface area contributed by atoms with Gasteiger partial charge in [0.15, 0.2) is 4.67 Å². The standard InChI is InChI=1S/C9H13BrO2/c1-2-3-4-8(11)7-5-6-12-9(7)10/h5-6,8,11H,2-4H2,1H3. The molecular formula is C9H13BrO2. The fourth-order valence-electron chi connectivity index (χ4n) is 1.10. The predicted octanol–water partition coefficient (Wildman–Crippen LogP) is 3.27. The molecule has 2 nitrogen and oxygen atoms in total. The number of hydrogen-bond donors (Lipinski definition) is 1. The quantitative estimate of drug-likeness (QED) is 0.865. The molecule has 0 aliphatic rings. The Morgan fingerprint density at radius 1 is 1.67 bits per heavy atom. The first-order chi connectivity index (χ1) is 5.75. The van der Waals surface area contributed by atoms with Gasteiger partial charge >= 0.3 is 0 Å². The number of unbranched alkanes of at least 4 members (excludes halogenated alkanes) is 1. The minimum atomic E-state index is -0.391. The summed E-state index contributed by atoms with van der Waals surface area (Å²) < 4.78 is 5.67. The van der Waals surface area contributed by atoms with Crippen LogP contribution in [0.25, 0.3) is 0 Å². The van der Waals surface area contributed by atoms with Crippen molar-refractivity contribution in [3.8, 4) is 0 Å². The Morgan fingerprint density at radius 2 is 2.42 bits per heavy atom. The van der Waals surface area contributed by atoms with Gasteiger partial charge in [0.05, 0.1) is 12.4 Å². The Bertz CT molecular complexity index is 232. The zero-order valence-electron chi connectivity index (χ0n) is 7.09.